The van der Waals surface area contributed by atoms with E-state index in [0.29, 0.717) is 4.22 Å². The fraction of sp³-hybridized carbons (Fsp3) is 0.784. The second-order valence-corrected chi connectivity index (χ2v) is 18.5. The molecule has 1 atom stereocenters. The molecule has 4 heteroatoms. The molecule has 0 radical (unpaired) electrons. The summed E-state index contributed by atoms with van der Waals surface area (Å²) in [7, 11) is 0. The van der Waals surface area contributed by atoms with Gasteiger partial charge in [0.2, 0.25) is 0 Å². The van der Waals surface area contributed by atoms with Crippen molar-refractivity contribution in [3.05, 3.63) is 56.9 Å². The molecule has 0 spiro atoms. The van der Waals surface area contributed by atoms with Crippen LogP contribution in [0.5, 0.6) is 0 Å². The molecule has 41 heavy (non-hydrogen) atoms. The minimum atomic E-state index is 0.109. The molecule has 0 aromatic heterocycles. The second-order valence-electron chi connectivity index (χ2n) is 17.6. The van der Waals surface area contributed by atoms with Gasteiger partial charge in [0, 0.05) is 0 Å². The molecular formula is C37H67N3Ti. The van der Waals surface area contributed by atoms with E-state index in [0.717, 1.165) is 0 Å². The van der Waals surface area contributed by atoms with E-state index in [1.165, 1.54) is 25.7 Å². The topological polar surface area (TPSA) is 42.3 Å². The molecule has 0 fully saturated rings. The van der Waals surface area contributed by atoms with E-state index in [2.05, 4.69) is 185 Å². The van der Waals surface area contributed by atoms with Crippen molar-refractivity contribution in [1.82, 2.24) is 0 Å². The molecule has 1 aromatic rings. The van der Waals surface area contributed by atoms with Gasteiger partial charge < -0.3 is 16.0 Å². The molecule has 0 N–H and O–H groups in total. The van der Waals surface area contributed by atoms with Gasteiger partial charge >= 0.3 is 96.9 Å². The van der Waals surface area contributed by atoms with Gasteiger partial charge in [-0.05, 0) is 0 Å². The second kappa shape index (κ2) is 15.5. The average molecular weight is 602 g/mol. The molecule has 0 amide bonds. The van der Waals surface area contributed by atoms with Gasteiger partial charge in [-0.1, -0.05) is 125 Å². The molecule has 0 saturated heterocycles. The average Bonchev–Trinajstić information content (AvgIpc) is 2.94. The van der Waals surface area contributed by atoms with Crippen LogP contribution in [0.3, 0.4) is 0 Å². The summed E-state index contributed by atoms with van der Waals surface area (Å²) in [6, 6.07) is 8.96. The van der Waals surface area contributed by atoms with E-state index in [-0.39, 0.29) is 33.2 Å². The van der Waals surface area contributed by atoms with Crippen LogP contribution in [0.2, 0.25) is 0 Å². The third-order valence-electron chi connectivity index (χ3n) is 5.47. The van der Waals surface area contributed by atoms with E-state index < -0.39 is 0 Å². The fourth-order valence-corrected chi connectivity index (χ4v) is 6.68. The van der Waals surface area contributed by atoms with E-state index in [1.807, 2.05) is 0 Å². The Morgan fingerprint density at radius 2 is 0.829 bits per heavy atom. The third kappa shape index (κ3) is 21.0. The Bertz CT molecular complexity index is 835. The first-order valence-electron chi connectivity index (χ1n) is 15.7. The summed E-state index contributed by atoms with van der Waals surface area (Å²) in [5, 5.41) is 13.6. The number of fused-ring (bicyclic) bond motifs is 2. The first-order chi connectivity index (χ1) is 18.0. The molecule has 0 heterocycles. The predicted molar refractivity (Wildman–Crippen MR) is 183 cm³/mol. The summed E-state index contributed by atoms with van der Waals surface area (Å²) in [5.74, 6) is 0. The number of rotatable bonds is 0. The normalized spacial score (nSPS) is 17.7. The number of hydrogen-bond donors (Lipinski definition) is 0. The molecule has 3 rings (SSSR count). The van der Waals surface area contributed by atoms with Crippen molar-refractivity contribution in [3.63, 3.8) is 0 Å². The van der Waals surface area contributed by atoms with Gasteiger partial charge in [-0.2, -0.15) is 0 Å². The minimum absolute atomic E-state index is 0.109. The fourth-order valence-electron chi connectivity index (χ4n) is 5.78. The summed E-state index contributed by atoms with van der Waals surface area (Å²) >= 11 is 2.37. The predicted octanol–water partition coefficient (Wildman–Crippen LogP) is 12.5. The Kier molecular flexibility index (Phi) is 15.3. The number of nitrogens with zero attached hydrogens (tertiary/aromatic N) is 3. The summed E-state index contributed by atoms with van der Waals surface area (Å²) in [5.41, 5.74) is 7.19. The molecule has 0 aliphatic heterocycles. The van der Waals surface area contributed by atoms with Crippen LogP contribution in [0.1, 0.15) is 166 Å². The number of benzene rings is 1. The summed E-state index contributed by atoms with van der Waals surface area (Å²) in [6.45, 7) is 38.2. The molecule has 0 bridgehead atoms. The van der Waals surface area contributed by atoms with Gasteiger partial charge in [0.05, 0.1) is 0 Å². The van der Waals surface area contributed by atoms with Crippen LogP contribution < -0.4 is 0 Å². The van der Waals surface area contributed by atoms with Crippen LogP contribution in [0.4, 0.5) is 0 Å². The van der Waals surface area contributed by atoms with Gasteiger partial charge in [-0.25, -0.2) is 0 Å². The van der Waals surface area contributed by atoms with Crippen molar-refractivity contribution >= 4 is 5.57 Å². The molecule has 1 aromatic carbocycles. The zero-order chi connectivity index (χ0) is 32.7. The van der Waals surface area contributed by atoms with E-state index in [1.54, 1.807) is 22.3 Å². The maximum atomic E-state index is 4.54. The monoisotopic (exact) mass is 601 g/mol. The summed E-state index contributed by atoms with van der Waals surface area (Å²) < 4.78 is 0.696. The zero-order valence-electron chi connectivity index (χ0n) is 30.6. The van der Waals surface area contributed by atoms with Crippen LogP contribution in [-0.2, 0) is 20.4 Å². The van der Waals surface area contributed by atoms with E-state index in [4.69, 9.17) is 0 Å². The van der Waals surface area contributed by atoms with E-state index in [9.17, 15) is 0 Å². The van der Waals surface area contributed by atoms with Gasteiger partial charge in [0.15, 0.2) is 0 Å². The van der Waals surface area contributed by atoms with Gasteiger partial charge in [0.25, 0.3) is 0 Å². The van der Waals surface area contributed by atoms with E-state index >= 15 is 0 Å². The first kappa shape index (κ1) is 40.6. The van der Waals surface area contributed by atoms with Crippen LogP contribution in [0.15, 0.2) is 29.8 Å². The molecule has 1 unspecified atom stereocenters. The quantitative estimate of drug-likeness (QED) is 0.266. The maximum absolute atomic E-state index is 4.54. The Morgan fingerprint density at radius 1 is 0.512 bits per heavy atom. The van der Waals surface area contributed by atoms with Crippen LogP contribution >= 0.6 is 0 Å². The molecule has 3 nitrogen and oxygen atoms in total. The van der Waals surface area contributed by atoms with Crippen molar-refractivity contribution in [2.75, 3.05) is 0 Å². The Balaban J connectivity index is 0.000000537. The van der Waals surface area contributed by atoms with Crippen LogP contribution in [0, 0.1) is 0 Å². The van der Waals surface area contributed by atoms with Crippen molar-refractivity contribution in [2.24, 2.45) is 0 Å². The van der Waals surface area contributed by atoms with Crippen molar-refractivity contribution < 1.29 is 20.4 Å². The standard InChI is InChI=1S/C13H13.3C8H18N.Ti/c1-3-7-12-10(5-1)9-11-6-2-4-8-13(11)12;3*1-7(2,3)9-8(4,5)6;/h1,3,5,7,9H,2,4,6,8H2;3*1-6H3;/q;3*-1;+3. The Morgan fingerprint density at radius 3 is 1.15 bits per heavy atom. The zero-order valence-corrected chi connectivity index (χ0v) is 32.1. The molecule has 234 valence electrons. The molecule has 2 aliphatic carbocycles. The van der Waals surface area contributed by atoms with Gasteiger partial charge in [-0.3, -0.25) is 0 Å². The molecule has 2 aliphatic rings. The summed E-state index contributed by atoms with van der Waals surface area (Å²) in [4.78, 5) is 0. The summed E-state index contributed by atoms with van der Waals surface area (Å²) in [6.07, 6.45) is 5.44. The first-order valence-corrected chi connectivity index (χ1v) is 16.6. The SMILES string of the molecule is CC(C)(C)[N-]C(C)(C)C.CC(C)(C)[N-]C(C)(C)C.CC(C)(C)[N-]C(C)(C)C.[Ti+3][CH]1C2=C(CCCC2)c2ccccc21. The van der Waals surface area contributed by atoms with Crippen LogP contribution in [0.25, 0.3) is 21.5 Å². The van der Waals surface area contributed by atoms with Gasteiger partial charge in [-0.15, -0.1) is 33.2 Å². The Labute approximate surface area is 269 Å². The van der Waals surface area contributed by atoms with Crippen molar-refractivity contribution in [1.29, 1.82) is 0 Å². The van der Waals surface area contributed by atoms with Crippen molar-refractivity contribution in [3.8, 4) is 0 Å². The van der Waals surface area contributed by atoms with Crippen LogP contribution in [-0.4, -0.2) is 33.2 Å². The number of allylic oxidation sites excluding steroid dienone is 2. The third-order valence-corrected chi connectivity index (χ3v) is 6.50. The molecule has 0 saturated carbocycles. The van der Waals surface area contributed by atoms with Gasteiger partial charge in [0.1, 0.15) is 0 Å². The molecular weight excluding hydrogens is 534 g/mol. The van der Waals surface area contributed by atoms with Crippen molar-refractivity contribution in [2.45, 2.75) is 188 Å². The Hall–Kier alpha value is -0.446. The number of hydrogen-bond acceptors (Lipinski definition) is 0.